The highest BCUT2D eigenvalue weighted by Crippen LogP contribution is 2.23. The number of nitrogens with zero attached hydrogens (tertiary/aromatic N) is 1. The monoisotopic (exact) mass is 153 g/mol. The molecule has 0 rings (SSSR count). The Hall–Kier alpha value is -0.590. The van der Waals surface area contributed by atoms with Crippen molar-refractivity contribution < 1.29 is 0 Å². The van der Waals surface area contributed by atoms with E-state index >= 15 is 0 Å². The van der Waals surface area contributed by atoms with E-state index < -0.39 is 0 Å². The van der Waals surface area contributed by atoms with Gasteiger partial charge in [0, 0.05) is 12.8 Å². The summed E-state index contributed by atoms with van der Waals surface area (Å²) in [5.74, 6) is 0. The number of allylic oxidation sites excluding steroid dienone is 2. The summed E-state index contributed by atoms with van der Waals surface area (Å²) in [4.78, 5) is 4.12. The summed E-state index contributed by atoms with van der Waals surface area (Å²) in [5.41, 5.74) is 1.65. The van der Waals surface area contributed by atoms with Gasteiger partial charge in [-0.2, -0.15) is 0 Å². The molecule has 11 heavy (non-hydrogen) atoms. The maximum Gasteiger partial charge on any atom is 0.0360 e. The second-order valence-electron chi connectivity index (χ2n) is 3.75. The summed E-state index contributed by atoms with van der Waals surface area (Å²) in [6.45, 7) is 11.7. The summed E-state index contributed by atoms with van der Waals surface area (Å²) in [6.07, 6.45) is 3.98. The first kappa shape index (κ1) is 10.4. The molecule has 0 spiro atoms. The van der Waals surface area contributed by atoms with Crippen molar-refractivity contribution in [2.45, 2.75) is 34.6 Å². The molecule has 0 aromatic carbocycles. The van der Waals surface area contributed by atoms with Crippen LogP contribution in [0.25, 0.3) is 0 Å². The zero-order valence-electron chi connectivity index (χ0n) is 8.31. The van der Waals surface area contributed by atoms with E-state index in [0.717, 1.165) is 6.54 Å². The molecule has 0 aromatic heterocycles. The van der Waals surface area contributed by atoms with Gasteiger partial charge in [-0.3, -0.25) is 4.99 Å². The first-order chi connectivity index (χ1) is 4.98. The van der Waals surface area contributed by atoms with Crippen LogP contribution in [0.4, 0.5) is 0 Å². The molecule has 0 aromatic rings. The molecule has 0 fully saturated rings. The molecule has 0 heterocycles. The van der Waals surface area contributed by atoms with Crippen molar-refractivity contribution in [1.29, 1.82) is 0 Å². The van der Waals surface area contributed by atoms with E-state index in [1.54, 1.807) is 0 Å². The highest BCUT2D eigenvalue weighted by Gasteiger charge is 2.10. The lowest BCUT2D eigenvalue weighted by Crippen LogP contribution is -2.06. The van der Waals surface area contributed by atoms with Crippen LogP contribution >= 0.6 is 0 Å². The van der Waals surface area contributed by atoms with E-state index in [1.165, 1.54) is 5.57 Å². The third kappa shape index (κ3) is 4.77. The SMILES string of the molecule is CCN=C/C=C(\C)C(C)(C)C. The van der Waals surface area contributed by atoms with Gasteiger partial charge in [0.25, 0.3) is 0 Å². The standard InChI is InChI=1S/C10H19N/c1-6-11-8-7-9(2)10(3,4)5/h7-8H,6H2,1-5H3/b9-7+,11-8?. The van der Waals surface area contributed by atoms with Crippen molar-refractivity contribution >= 4 is 6.21 Å². The molecular weight excluding hydrogens is 134 g/mol. The van der Waals surface area contributed by atoms with Crippen LogP contribution in [0.1, 0.15) is 34.6 Å². The van der Waals surface area contributed by atoms with Gasteiger partial charge in [-0.05, 0) is 25.3 Å². The molecule has 0 saturated heterocycles. The van der Waals surface area contributed by atoms with Gasteiger partial charge in [-0.25, -0.2) is 0 Å². The number of rotatable bonds is 2. The predicted molar refractivity (Wildman–Crippen MR) is 52.2 cm³/mol. The first-order valence-corrected chi connectivity index (χ1v) is 4.15. The van der Waals surface area contributed by atoms with E-state index in [4.69, 9.17) is 0 Å². The average molecular weight is 153 g/mol. The second-order valence-corrected chi connectivity index (χ2v) is 3.75. The minimum Gasteiger partial charge on any atom is -0.293 e. The van der Waals surface area contributed by atoms with Crippen LogP contribution in [0, 0.1) is 5.41 Å². The molecule has 0 N–H and O–H groups in total. The lowest BCUT2D eigenvalue weighted by atomic mass is 9.88. The molecule has 0 saturated carbocycles. The minimum absolute atomic E-state index is 0.278. The molecule has 1 nitrogen and oxygen atoms in total. The number of aliphatic imine (C=N–C) groups is 1. The number of hydrogen-bond acceptors (Lipinski definition) is 1. The maximum absolute atomic E-state index is 4.12. The average Bonchev–Trinajstić information content (AvgIpc) is 1.86. The first-order valence-electron chi connectivity index (χ1n) is 4.15. The van der Waals surface area contributed by atoms with Crippen molar-refractivity contribution in [1.82, 2.24) is 0 Å². The molecule has 64 valence electrons. The van der Waals surface area contributed by atoms with Crippen molar-refractivity contribution in [3.8, 4) is 0 Å². The van der Waals surface area contributed by atoms with Crippen molar-refractivity contribution in [2.75, 3.05) is 6.54 Å². The molecule has 0 unspecified atom stereocenters. The lowest BCUT2D eigenvalue weighted by molar-refractivity contribution is 0.505. The molecule has 0 aliphatic carbocycles. The van der Waals surface area contributed by atoms with E-state index in [0.29, 0.717) is 0 Å². The van der Waals surface area contributed by atoms with E-state index in [1.807, 2.05) is 13.1 Å². The van der Waals surface area contributed by atoms with E-state index in [9.17, 15) is 0 Å². The highest BCUT2D eigenvalue weighted by molar-refractivity contribution is 5.72. The zero-order valence-corrected chi connectivity index (χ0v) is 8.31. The fourth-order valence-corrected chi connectivity index (χ4v) is 0.520. The molecule has 0 radical (unpaired) electrons. The van der Waals surface area contributed by atoms with Crippen LogP contribution in [0.3, 0.4) is 0 Å². The predicted octanol–water partition coefficient (Wildman–Crippen LogP) is 3.07. The topological polar surface area (TPSA) is 12.4 Å². The summed E-state index contributed by atoms with van der Waals surface area (Å²) in [7, 11) is 0. The van der Waals surface area contributed by atoms with Gasteiger partial charge >= 0.3 is 0 Å². The minimum atomic E-state index is 0.278. The van der Waals surface area contributed by atoms with Gasteiger partial charge in [-0.15, -0.1) is 0 Å². The molecule has 0 bridgehead atoms. The third-order valence-corrected chi connectivity index (χ3v) is 1.80. The van der Waals surface area contributed by atoms with Crippen LogP contribution < -0.4 is 0 Å². The fourth-order valence-electron chi connectivity index (χ4n) is 0.520. The Morgan fingerprint density at radius 1 is 1.36 bits per heavy atom. The summed E-state index contributed by atoms with van der Waals surface area (Å²) < 4.78 is 0. The van der Waals surface area contributed by atoms with Crippen LogP contribution in [0.2, 0.25) is 0 Å². The Bertz CT molecular complexity index is 158. The van der Waals surface area contributed by atoms with Crippen molar-refractivity contribution in [2.24, 2.45) is 10.4 Å². The van der Waals surface area contributed by atoms with Gasteiger partial charge in [0.05, 0.1) is 0 Å². The van der Waals surface area contributed by atoms with Crippen molar-refractivity contribution in [3.63, 3.8) is 0 Å². The highest BCUT2D eigenvalue weighted by atomic mass is 14.7. The fraction of sp³-hybridized carbons (Fsp3) is 0.700. The molecular formula is C10H19N. The van der Waals surface area contributed by atoms with Gasteiger partial charge < -0.3 is 0 Å². The third-order valence-electron chi connectivity index (χ3n) is 1.80. The van der Waals surface area contributed by atoms with Crippen LogP contribution in [-0.2, 0) is 0 Å². The Kier molecular flexibility index (Phi) is 4.09. The Labute approximate surface area is 70.2 Å². The van der Waals surface area contributed by atoms with Crippen LogP contribution in [0.15, 0.2) is 16.6 Å². The normalized spacial score (nSPS) is 14.5. The number of hydrogen-bond donors (Lipinski definition) is 0. The molecule has 0 aliphatic rings. The summed E-state index contributed by atoms with van der Waals surface area (Å²) in [5, 5.41) is 0. The van der Waals surface area contributed by atoms with E-state index in [2.05, 4.69) is 38.8 Å². The summed E-state index contributed by atoms with van der Waals surface area (Å²) >= 11 is 0. The largest absolute Gasteiger partial charge is 0.293 e. The smallest absolute Gasteiger partial charge is 0.0360 e. The Morgan fingerprint density at radius 2 is 1.91 bits per heavy atom. The van der Waals surface area contributed by atoms with Crippen molar-refractivity contribution in [3.05, 3.63) is 11.6 Å². The second kappa shape index (κ2) is 4.32. The lowest BCUT2D eigenvalue weighted by Gasteiger charge is -2.18. The quantitative estimate of drug-likeness (QED) is 0.541. The molecule has 0 atom stereocenters. The van der Waals surface area contributed by atoms with Gasteiger partial charge in [0.15, 0.2) is 0 Å². The Morgan fingerprint density at radius 3 is 2.27 bits per heavy atom. The van der Waals surface area contributed by atoms with Crippen LogP contribution in [0.5, 0.6) is 0 Å². The molecule has 0 amide bonds. The molecule has 0 aliphatic heterocycles. The van der Waals surface area contributed by atoms with E-state index in [-0.39, 0.29) is 5.41 Å². The molecule has 1 heteroatoms. The van der Waals surface area contributed by atoms with Gasteiger partial charge in [-0.1, -0.05) is 26.3 Å². The van der Waals surface area contributed by atoms with Crippen LogP contribution in [-0.4, -0.2) is 12.8 Å². The maximum atomic E-state index is 4.12. The zero-order chi connectivity index (χ0) is 8.91. The van der Waals surface area contributed by atoms with Gasteiger partial charge in [0.1, 0.15) is 0 Å². The summed E-state index contributed by atoms with van der Waals surface area (Å²) in [6, 6.07) is 0. The Balaban J connectivity index is 4.12. The van der Waals surface area contributed by atoms with Gasteiger partial charge in [0.2, 0.25) is 0 Å².